The first-order valence-corrected chi connectivity index (χ1v) is 11.2. The molecule has 1 saturated heterocycles. The number of ether oxygens (including phenoxy) is 3. The molecule has 0 unspecified atom stereocenters. The molecule has 180 valence electrons. The summed E-state index contributed by atoms with van der Waals surface area (Å²) in [5.41, 5.74) is 2.61. The molecule has 2 aliphatic heterocycles. The fourth-order valence-corrected chi connectivity index (χ4v) is 4.30. The number of hydrogen-bond acceptors (Lipinski definition) is 6. The van der Waals surface area contributed by atoms with Crippen LogP contribution in [0.4, 0.5) is 16.2 Å². The number of hydrogen-bond donors (Lipinski definition) is 2. The fraction of sp³-hybridized carbons (Fsp3) is 0.400. The van der Waals surface area contributed by atoms with Crippen molar-refractivity contribution in [2.45, 2.75) is 44.4 Å². The Morgan fingerprint density at radius 3 is 2.53 bits per heavy atom. The van der Waals surface area contributed by atoms with Crippen LogP contribution in [0.15, 0.2) is 42.5 Å². The van der Waals surface area contributed by atoms with Gasteiger partial charge in [-0.1, -0.05) is 17.7 Å². The first-order valence-electron chi connectivity index (χ1n) is 11.2. The maximum absolute atomic E-state index is 13.3. The van der Waals surface area contributed by atoms with Gasteiger partial charge in [-0.15, -0.1) is 0 Å². The molecule has 2 aliphatic rings. The number of esters is 1. The molecule has 9 heteroatoms. The first kappa shape index (κ1) is 23.6. The van der Waals surface area contributed by atoms with Gasteiger partial charge in [0.1, 0.15) is 18.5 Å². The number of benzene rings is 2. The van der Waals surface area contributed by atoms with Crippen LogP contribution in [0.3, 0.4) is 0 Å². The van der Waals surface area contributed by atoms with E-state index in [0.29, 0.717) is 35.5 Å². The minimum Gasteiger partial charge on any atom is -0.490 e. The van der Waals surface area contributed by atoms with Crippen molar-refractivity contribution >= 4 is 29.3 Å². The molecule has 0 aromatic heterocycles. The highest BCUT2D eigenvalue weighted by atomic mass is 16.5. The number of likely N-dealkylation sites (N-methyl/N-ethyl adjacent to an activating group) is 1. The molecule has 0 bridgehead atoms. The molecular formula is C25H29N3O6. The predicted molar refractivity (Wildman–Crippen MR) is 126 cm³/mol. The lowest BCUT2D eigenvalue weighted by molar-refractivity contribution is -0.151. The predicted octanol–water partition coefficient (Wildman–Crippen LogP) is 3.58. The highest BCUT2D eigenvalue weighted by Crippen LogP contribution is 2.32. The molecule has 2 aromatic rings. The summed E-state index contributed by atoms with van der Waals surface area (Å²) in [5.74, 6) is -0.128. The van der Waals surface area contributed by atoms with Gasteiger partial charge in [0.25, 0.3) is 5.91 Å². The number of nitrogens with one attached hydrogen (secondary N) is 2. The van der Waals surface area contributed by atoms with Gasteiger partial charge in [-0.2, -0.15) is 0 Å². The molecule has 0 aliphatic carbocycles. The van der Waals surface area contributed by atoms with Gasteiger partial charge in [0.15, 0.2) is 0 Å². The van der Waals surface area contributed by atoms with E-state index in [4.69, 9.17) is 14.2 Å². The SMILES string of the molecule is COC(=O)C[C@H]1CC[C@H]2[C@H](COc3ccc(NC(=O)Nc4ccc(C)cc4)cc3C(=O)N2C)O1. The van der Waals surface area contributed by atoms with Gasteiger partial charge in [0.2, 0.25) is 0 Å². The van der Waals surface area contributed by atoms with Crippen molar-refractivity contribution in [3.63, 3.8) is 0 Å². The van der Waals surface area contributed by atoms with Gasteiger partial charge in [0.05, 0.1) is 31.2 Å². The van der Waals surface area contributed by atoms with Crippen LogP contribution in [-0.2, 0) is 14.3 Å². The maximum Gasteiger partial charge on any atom is 0.323 e. The van der Waals surface area contributed by atoms with E-state index in [9.17, 15) is 14.4 Å². The Hall–Kier alpha value is -3.59. The second-order valence-corrected chi connectivity index (χ2v) is 8.60. The summed E-state index contributed by atoms with van der Waals surface area (Å²) in [6, 6.07) is 11.8. The van der Waals surface area contributed by atoms with Crippen molar-refractivity contribution in [1.29, 1.82) is 0 Å². The minimum atomic E-state index is -0.409. The lowest BCUT2D eigenvalue weighted by Crippen LogP contribution is -2.53. The number of aryl methyl sites for hydroxylation is 1. The Kier molecular flexibility index (Phi) is 7.02. The molecule has 0 spiro atoms. The maximum atomic E-state index is 13.3. The van der Waals surface area contributed by atoms with Crippen LogP contribution in [0, 0.1) is 6.92 Å². The number of amides is 3. The zero-order chi connectivity index (χ0) is 24.2. The van der Waals surface area contributed by atoms with E-state index in [0.717, 1.165) is 5.56 Å². The summed E-state index contributed by atoms with van der Waals surface area (Å²) >= 11 is 0. The standard InChI is InChI=1S/C25H29N3O6/c1-15-4-6-16(7-5-15)26-25(31)27-17-8-11-21-19(12-17)24(30)28(2)20-10-9-18(13-23(29)32-3)34-22(20)14-33-21/h4-8,11-12,18,20,22H,9-10,13-14H2,1-3H3,(H2,26,27,31)/t18-,20+,22+/m1/s1. The van der Waals surface area contributed by atoms with E-state index in [2.05, 4.69) is 10.6 Å². The number of carbonyl (C=O) groups excluding carboxylic acids is 3. The smallest absolute Gasteiger partial charge is 0.323 e. The van der Waals surface area contributed by atoms with Crippen molar-refractivity contribution in [1.82, 2.24) is 4.90 Å². The first-order chi connectivity index (χ1) is 16.3. The largest absolute Gasteiger partial charge is 0.490 e. The highest BCUT2D eigenvalue weighted by molar-refractivity contribution is 6.02. The van der Waals surface area contributed by atoms with Crippen molar-refractivity contribution in [3.05, 3.63) is 53.6 Å². The Morgan fingerprint density at radius 2 is 1.79 bits per heavy atom. The highest BCUT2D eigenvalue weighted by Gasteiger charge is 2.39. The molecule has 3 amide bonds. The monoisotopic (exact) mass is 467 g/mol. The molecule has 2 aromatic carbocycles. The molecule has 2 heterocycles. The molecule has 34 heavy (non-hydrogen) atoms. The minimum absolute atomic E-state index is 0.174. The zero-order valence-corrected chi connectivity index (χ0v) is 19.5. The van der Waals surface area contributed by atoms with Gasteiger partial charge in [-0.05, 0) is 50.1 Å². The number of anilines is 2. The van der Waals surface area contributed by atoms with Crippen LogP contribution in [0.2, 0.25) is 0 Å². The number of carbonyl (C=O) groups is 3. The van der Waals surface area contributed by atoms with Crippen LogP contribution in [0.25, 0.3) is 0 Å². The fourth-order valence-electron chi connectivity index (χ4n) is 4.30. The van der Waals surface area contributed by atoms with Crippen LogP contribution in [-0.4, -0.2) is 61.8 Å². The van der Waals surface area contributed by atoms with Crippen molar-refractivity contribution in [2.75, 3.05) is 31.4 Å². The molecule has 9 nitrogen and oxygen atoms in total. The summed E-state index contributed by atoms with van der Waals surface area (Å²) in [6.45, 7) is 2.22. The lowest BCUT2D eigenvalue weighted by Gasteiger charge is -2.42. The van der Waals surface area contributed by atoms with Gasteiger partial charge in [-0.25, -0.2) is 4.79 Å². The normalized spacial score (nSPS) is 21.8. The molecule has 4 rings (SSSR count). The Bertz CT molecular complexity index is 1070. The number of urea groups is 1. The van der Waals surface area contributed by atoms with Crippen molar-refractivity contribution in [2.24, 2.45) is 0 Å². The zero-order valence-electron chi connectivity index (χ0n) is 19.5. The number of rotatable bonds is 4. The lowest BCUT2D eigenvalue weighted by atomic mass is 9.94. The van der Waals surface area contributed by atoms with Gasteiger partial charge >= 0.3 is 12.0 Å². The Balaban J connectivity index is 1.46. The summed E-state index contributed by atoms with van der Waals surface area (Å²) < 4.78 is 16.8. The van der Waals surface area contributed by atoms with E-state index in [1.165, 1.54) is 7.11 Å². The molecule has 0 radical (unpaired) electrons. The molecule has 2 N–H and O–H groups in total. The Morgan fingerprint density at radius 1 is 1.09 bits per heavy atom. The molecule has 0 saturated carbocycles. The average Bonchev–Trinajstić information content (AvgIpc) is 2.83. The second kappa shape index (κ2) is 10.1. The number of nitrogens with zero attached hydrogens (tertiary/aromatic N) is 1. The molecule has 1 fully saturated rings. The van der Waals surface area contributed by atoms with Crippen molar-refractivity contribution < 1.29 is 28.6 Å². The summed E-state index contributed by atoms with van der Waals surface area (Å²) in [6.07, 6.45) is 0.876. The van der Waals surface area contributed by atoms with Gasteiger partial charge in [0, 0.05) is 18.4 Å². The van der Waals surface area contributed by atoms with E-state index >= 15 is 0 Å². The summed E-state index contributed by atoms with van der Waals surface area (Å²) in [5, 5.41) is 5.54. The van der Waals surface area contributed by atoms with Crippen LogP contribution in [0.5, 0.6) is 5.75 Å². The van der Waals surface area contributed by atoms with Crippen LogP contribution >= 0.6 is 0 Å². The molecule has 3 atom stereocenters. The van der Waals surface area contributed by atoms with E-state index < -0.39 is 6.03 Å². The summed E-state index contributed by atoms with van der Waals surface area (Å²) in [4.78, 5) is 39.0. The third kappa shape index (κ3) is 5.31. The quantitative estimate of drug-likeness (QED) is 0.666. The summed E-state index contributed by atoms with van der Waals surface area (Å²) in [7, 11) is 3.09. The average molecular weight is 468 g/mol. The molecular weight excluding hydrogens is 438 g/mol. The van der Waals surface area contributed by atoms with Gasteiger partial charge in [-0.3, -0.25) is 9.59 Å². The third-order valence-corrected chi connectivity index (χ3v) is 6.20. The van der Waals surface area contributed by atoms with Crippen LogP contribution in [0.1, 0.15) is 35.2 Å². The van der Waals surface area contributed by atoms with E-state index in [1.54, 1.807) is 30.1 Å². The van der Waals surface area contributed by atoms with E-state index in [1.807, 2.05) is 31.2 Å². The Labute approximate surface area is 198 Å². The second-order valence-electron chi connectivity index (χ2n) is 8.60. The van der Waals surface area contributed by atoms with E-state index in [-0.39, 0.29) is 43.2 Å². The third-order valence-electron chi connectivity index (χ3n) is 6.20. The van der Waals surface area contributed by atoms with Crippen molar-refractivity contribution in [3.8, 4) is 5.75 Å². The number of methoxy groups -OCH3 is 1. The number of fused-ring (bicyclic) bond motifs is 2. The van der Waals surface area contributed by atoms with Crippen LogP contribution < -0.4 is 15.4 Å². The topological polar surface area (TPSA) is 106 Å². The van der Waals surface area contributed by atoms with Gasteiger partial charge < -0.3 is 29.7 Å².